The van der Waals surface area contributed by atoms with Gasteiger partial charge in [-0.25, -0.2) is 19.2 Å². The van der Waals surface area contributed by atoms with Crippen LogP contribution >= 0.6 is 19.5 Å². The van der Waals surface area contributed by atoms with Gasteiger partial charge in [-0.2, -0.15) is 0 Å². The molecule has 0 saturated carbocycles. The second-order valence-electron chi connectivity index (χ2n) is 7.65. The summed E-state index contributed by atoms with van der Waals surface area (Å²) in [6.07, 6.45) is 0.929. The van der Waals surface area contributed by atoms with Crippen LogP contribution in [0.2, 0.25) is 0 Å². The van der Waals surface area contributed by atoms with Crippen molar-refractivity contribution in [3.8, 4) is 11.3 Å². The smallest absolute Gasteiger partial charge is 0.237 e. The van der Waals surface area contributed by atoms with E-state index in [-0.39, 0.29) is 11.7 Å². The lowest BCUT2D eigenvalue weighted by molar-refractivity contribution is -0.160. The molecule has 27 heavy (non-hydrogen) atoms. The summed E-state index contributed by atoms with van der Waals surface area (Å²) in [5.41, 5.74) is 3.89. The molecular formula is C19H28FN3O2PS+. The average Bonchev–Trinajstić information content (AvgIpc) is 2.59. The second kappa shape index (κ2) is 9.28. The molecule has 0 aliphatic carbocycles. The minimum absolute atomic E-state index is 0.231. The number of halogens is 1. The molecule has 0 saturated heterocycles. The van der Waals surface area contributed by atoms with Gasteiger partial charge in [0, 0.05) is 45.4 Å². The van der Waals surface area contributed by atoms with Crippen molar-refractivity contribution in [1.82, 2.24) is 9.97 Å². The van der Waals surface area contributed by atoms with Crippen LogP contribution in [-0.2, 0) is 15.4 Å². The predicted molar refractivity (Wildman–Crippen MR) is 114 cm³/mol. The number of hydrogen-bond acceptors (Lipinski definition) is 6. The third-order valence-electron chi connectivity index (χ3n) is 3.82. The van der Waals surface area contributed by atoms with Crippen LogP contribution in [0.25, 0.3) is 11.3 Å². The van der Waals surface area contributed by atoms with E-state index in [4.69, 9.17) is 14.3 Å². The van der Waals surface area contributed by atoms with Crippen LogP contribution in [0.4, 0.5) is 10.3 Å². The predicted octanol–water partition coefficient (Wildman–Crippen LogP) is 5.39. The number of anilines is 1. The van der Waals surface area contributed by atoms with E-state index in [1.54, 1.807) is 16.4 Å². The minimum atomic E-state index is -1.14. The van der Waals surface area contributed by atoms with Gasteiger partial charge in [0.15, 0.2) is 12.2 Å². The molecule has 0 N–H and O–H groups in total. The molecule has 0 amide bonds. The first-order chi connectivity index (χ1) is 12.6. The number of aromatic nitrogens is 2. The first-order valence-corrected chi connectivity index (χ1v) is 12.7. The number of rotatable bonds is 8. The van der Waals surface area contributed by atoms with Crippen molar-refractivity contribution >= 4 is 25.4 Å². The molecular weight excluding hydrogens is 384 g/mol. The second-order valence-corrected chi connectivity index (χ2v) is 13.4. The molecule has 8 heteroatoms. The molecule has 0 fully saturated rings. The van der Waals surface area contributed by atoms with Gasteiger partial charge >= 0.3 is 0 Å². The largest absolute Gasteiger partial charge is 0.262 e. The molecule has 0 aliphatic heterocycles. The van der Waals surface area contributed by atoms with E-state index in [0.29, 0.717) is 5.95 Å². The molecule has 0 radical (unpaired) electrons. The summed E-state index contributed by atoms with van der Waals surface area (Å²) in [5, 5.41) is 0. The maximum atomic E-state index is 13.5. The highest BCUT2D eigenvalue weighted by molar-refractivity contribution is 7.95. The molecule has 1 aromatic carbocycles. The lowest BCUT2D eigenvalue weighted by Gasteiger charge is -2.22. The fraction of sp³-hybridized carbons (Fsp3) is 0.474. The summed E-state index contributed by atoms with van der Waals surface area (Å²) in [5.74, 6) is 0.494. The van der Waals surface area contributed by atoms with Gasteiger partial charge in [-0.1, -0.05) is 13.8 Å². The number of hydrogen-bond donors (Lipinski definition) is 0. The lowest BCUT2D eigenvalue weighted by Crippen LogP contribution is -2.16. The Morgan fingerprint density at radius 3 is 2.30 bits per heavy atom. The molecule has 148 valence electrons. The highest BCUT2D eigenvalue weighted by atomic mass is 32.2. The highest BCUT2D eigenvalue weighted by Crippen LogP contribution is 2.52. The minimum Gasteiger partial charge on any atom is -0.262 e. The van der Waals surface area contributed by atoms with Crippen LogP contribution < -0.4 is 4.31 Å². The van der Waals surface area contributed by atoms with Gasteiger partial charge in [-0.15, -0.1) is 4.33 Å². The maximum absolute atomic E-state index is 13.5. The summed E-state index contributed by atoms with van der Waals surface area (Å²) in [6.45, 7) is 11.2. The van der Waals surface area contributed by atoms with Crippen molar-refractivity contribution in [2.24, 2.45) is 0 Å². The van der Waals surface area contributed by atoms with E-state index >= 15 is 0 Å². The zero-order valence-corrected chi connectivity index (χ0v) is 18.7. The van der Waals surface area contributed by atoms with Crippen molar-refractivity contribution < 1.29 is 13.6 Å². The average molecular weight is 412 g/mol. The first kappa shape index (κ1) is 22.0. The molecule has 0 atom stereocenters. The fourth-order valence-corrected chi connectivity index (χ4v) is 4.25. The summed E-state index contributed by atoms with van der Waals surface area (Å²) in [4.78, 5) is 14.3. The quantitative estimate of drug-likeness (QED) is 0.190. The van der Waals surface area contributed by atoms with E-state index in [0.717, 1.165) is 40.9 Å². The highest BCUT2D eigenvalue weighted by Gasteiger charge is 2.27. The van der Waals surface area contributed by atoms with Crippen molar-refractivity contribution in [2.75, 3.05) is 38.5 Å². The van der Waals surface area contributed by atoms with Crippen LogP contribution in [0.1, 0.15) is 31.0 Å². The van der Waals surface area contributed by atoms with E-state index in [1.807, 2.05) is 7.05 Å². The van der Waals surface area contributed by atoms with Gasteiger partial charge in [0.25, 0.3) is 0 Å². The number of nitrogens with zero attached hydrogens (tertiary/aromatic N) is 3. The molecule has 0 aliphatic rings. The Morgan fingerprint density at radius 2 is 1.78 bits per heavy atom. The summed E-state index contributed by atoms with van der Waals surface area (Å²) in [6, 6.07) is 6.48. The van der Waals surface area contributed by atoms with Crippen LogP contribution in [-0.4, -0.2) is 44.1 Å². The Bertz CT molecular complexity index is 767. The SMILES string of the molecule is COOSN(C)c1nc(-c2ccc(F)cc2)c(C[P+](C)(C)C)c(C(C)C)n1. The van der Waals surface area contributed by atoms with Crippen LogP contribution in [0.5, 0.6) is 0 Å². The van der Waals surface area contributed by atoms with Gasteiger partial charge in [0.05, 0.1) is 24.7 Å². The van der Waals surface area contributed by atoms with Gasteiger partial charge in [-0.05, 0) is 30.2 Å². The molecule has 1 heterocycles. The third-order valence-corrected chi connectivity index (χ3v) is 5.66. The van der Waals surface area contributed by atoms with Gasteiger partial charge < -0.3 is 0 Å². The lowest BCUT2D eigenvalue weighted by atomic mass is 9.99. The molecule has 0 bridgehead atoms. The van der Waals surface area contributed by atoms with Crippen molar-refractivity contribution in [1.29, 1.82) is 0 Å². The monoisotopic (exact) mass is 412 g/mol. The normalized spacial score (nSPS) is 11.9. The van der Waals surface area contributed by atoms with Crippen LogP contribution in [0.3, 0.4) is 0 Å². The van der Waals surface area contributed by atoms with Crippen molar-refractivity contribution in [3.05, 3.63) is 41.3 Å². The van der Waals surface area contributed by atoms with Gasteiger partial charge in [0.1, 0.15) is 5.82 Å². The maximum Gasteiger partial charge on any atom is 0.237 e. The zero-order valence-electron chi connectivity index (χ0n) is 17.0. The number of benzene rings is 1. The Balaban J connectivity index is 2.66. The molecule has 0 unspecified atom stereocenters. The standard InChI is InChI=1S/C19H28FN3O2PS/c1-13(2)17-16(12-26(5,6)7)18(14-8-10-15(20)11-9-14)22-19(21-17)23(3)27-25-24-4/h8-11,13H,12H2,1-7H3/q+1. The topological polar surface area (TPSA) is 47.5 Å². The molecule has 2 rings (SSSR count). The van der Waals surface area contributed by atoms with Crippen molar-refractivity contribution in [3.63, 3.8) is 0 Å². The Labute approximate surface area is 166 Å². The van der Waals surface area contributed by atoms with Gasteiger partial charge in [0.2, 0.25) is 5.95 Å². The third kappa shape index (κ3) is 6.11. The van der Waals surface area contributed by atoms with Gasteiger partial charge in [-0.3, -0.25) is 4.31 Å². The molecule has 5 nitrogen and oxygen atoms in total. The Morgan fingerprint density at radius 1 is 1.15 bits per heavy atom. The zero-order chi connectivity index (χ0) is 20.2. The first-order valence-electron chi connectivity index (χ1n) is 8.70. The summed E-state index contributed by atoms with van der Waals surface area (Å²) >= 11 is 1.01. The van der Waals surface area contributed by atoms with Crippen molar-refractivity contribution in [2.45, 2.75) is 25.9 Å². The Kier molecular flexibility index (Phi) is 7.57. The van der Waals surface area contributed by atoms with E-state index in [2.05, 4.69) is 38.7 Å². The van der Waals surface area contributed by atoms with Crippen LogP contribution in [0, 0.1) is 5.82 Å². The molecule has 2 aromatic rings. The van der Waals surface area contributed by atoms with E-state index < -0.39 is 7.26 Å². The molecule has 1 aromatic heterocycles. The molecule has 0 spiro atoms. The van der Waals surface area contributed by atoms with E-state index in [1.165, 1.54) is 19.2 Å². The fourth-order valence-electron chi connectivity index (χ4n) is 2.69. The summed E-state index contributed by atoms with van der Waals surface area (Å²) < 4.78 is 20.1. The van der Waals surface area contributed by atoms with E-state index in [9.17, 15) is 4.39 Å². The Hall–Kier alpha value is -1.27. The summed E-state index contributed by atoms with van der Waals surface area (Å²) in [7, 11) is 2.12. The van der Waals surface area contributed by atoms with Crippen LogP contribution in [0.15, 0.2) is 24.3 Å².